The molecule has 0 aliphatic rings. The molecule has 2 rings (SSSR count). The van der Waals surface area contributed by atoms with Crippen LogP contribution in [0.25, 0.3) is 0 Å². The topological polar surface area (TPSA) is 32.3 Å². The van der Waals surface area contributed by atoms with Crippen molar-refractivity contribution in [1.29, 1.82) is 0 Å². The maximum absolute atomic E-state index is 9.54. The number of nitrogens with one attached hydrogen (secondary N) is 1. The van der Waals surface area contributed by atoms with Crippen LogP contribution in [0, 0.1) is 6.92 Å². The minimum Gasteiger partial charge on any atom is -0.394 e. The Kier molecular flexibility index (Phi) is 4.70. The maximum atomic E-state index is 9.54. The summed E-state index contributed by atoms with van der Waals surface area (Å²) in [4.78, 5) is 0. The fourth-order valence-corrected chi connectivity index (χ4v) is 2.21. The SMILES string of the molecule is Cc1ccc(C(CO)Nc2ccccc2Cl)cc1Cl. The zero-order valence-electron chi connectivity index (χ0n) is 10.5. The highest BCUT2D eigenvalue weighted by molar-refractivity contribution is 6.33. The van der Waals surface area contributed by atoms with E-state index in [0.717, 1.165) is 16.8 Å². The first kappa shape index (κ1) is 14.2. The van der Waals surface area contributed by atoms with E-state index in [1.165, 1.54) is 0 Å². The largest absolute Gasteiger partial charge is 0.394 e. The number of anilines is 1. The van der Waals surface area contributed by atoms with Gasteiger partial charge in [-0.2, -0.15) is 0 Å². The van der Waals surface area contributed by atoms with Gasteiger partial charge in [0, 0.05) is 5.02 Å². The Bertz CT molecular complexity index is 572. The molecule has 0 radical (unpaired) electrons. The van der Waals surface area contributed by atoms with E-state index in [0.29, 0.717) is 10.0 Å². The van der Waals surface area contributed by atoms with Crippen molar-refractivity contribution in [1.82, 2.24) is 0 Å². The maximum Gasteiger partial charge on any atom is 0.0746 e. The van der Waals surface area contributed by atoms with E-state index in [2.05, 4.69) is 5.32 Å². The molecule has 0 aromatic heterocycles. The van der Waals surface area contributed by atoms with Crippen LogP contribution in [0.4, 0.5) is 5.69 Å². The van der Waals surface area contributed by atoms with Crippen molar-refractivity contribution >= 4 is 28.9 Å². The van der Waals surface area contributed by atoms with Gasteiger partial charge in [0.2, 0.25) is 0 Å². The van der Waals surface area contributed by atoms with Crippen molar-refractivity contribution in [3.05, 3.63) is 63.6 Å². The predicted molar refractivity (Wildman–Crippen MR) is 81.1 cm³/mol. The Labute approximate surface area is 123 Å². The van der Waals surface area contributed by atoms with E-state index in [4.69, 9.17) is 23.2 Å². The molecule has 1 unspecified atom stereocenters. The van der Waals surface area contributed by atoms with Gasteiger partial charge in [0.1, 0.15) is 0 Å². The predicted octanol–water partition coefficient (Wildman–Crippen LogP) is 4.45. The van der Waals surface area contributed by atoms with Crippen LogP contribution in [-0.4, -0.2) is 11.7 Å². The fourth-order valence-electron chi connectivity index (χ4n) is 1.83. The molecule has 0 saturated heterocycles. The summed E-state index contributed by atoms with van der Waals surface area (Å²) in [6, 6.07) is 13.0. The molecule has 0 bridgehead atoms. The summed E-state index contributed by atoms with van der Waals surface area (Å²) in [7, 11) is 0. The first-order valence-electron chi connectivity index (χ1n) is 6.00. The van der Waals surface area contributed by atoms with E-state index in [9.17, 15) is 5.11 Å². The average Bonchev–Trinajstić information content (AvgIpc) is 2.41. The van der Waals surface area contributed by atoms with Crippen molar-refractivity contribution < 1.29 is 5.11 Å². The lowest BCUT2D eigenvalue weighted by Gasteiger charge is -2.19. The standard InChI is InChI=1S/C15H15Cl2NO/c1-10-6-7-11(8-13(10)17)15(9-19)18-14-5-3-2-4-12(14)16/h2-8,15,18-19H,9H2,1H3. The number of aliphatic hydroxyl groups excluding tert-OH is 1. The quantitative estimate of drug-likeness (QED) is 0.873. The Morgan fingerprint density at radius 1 is 1.11 bits per heavy atom. The summed E-state index contributed by atoms with van der Waals surface area (Å²) < 4.78 is 0. The Hall–Kier alpha value is -1.22. The smallest absolute Gasteiger partial charge is 0.0746 e. The van der Waals surface area contributed by atoms with E-state index in [1.807, 2.05) is 43.3 Å². The van der Waals surface area contributed by atoms with Gasteiger partial charge >= 0.3 is 0 Å². The van der Waals surface area contributed by atoms with Gasteiger partial charge < -0.3 is 10.4 Å². The summed E-state index contributed by atoms with van der Waals surface area (Å²) in [5.41, 5.74) is 2.73. The third kappa shape index (κ3) is 3.41. The number of aliphatic hydroxyl groups is 1. The summed E-state index contributed by atoms with van der Waals surface area (Å²) in [5, 5.41) is 14.1. The van der Waals surface area contributed by atoms with Crippen LogP contribution in [0.1, 0.15) is 17.2 Å². The molecule has 0 aliphatic carbocycles. The van der Waals surface area contributed by atoms with Crippen molar-refractivity contribution in [2.45, 2.75) is 13.0 Å². The number of halogens is 2. The Morgan fingerprint density at radius 2 is 1.84 bits per heavy atom. The van der Waals surface area contributed by atoms with Crippen LogP contribution in [0.3, 0.4) is 0 Å². The molecule has 0 spiro atoms. The molecule has 1 atom stereocenters. The van der Waals surface area contributed by atoms with Gasteiger partial charge in [-0.1, -0.05) is 47.5 Å². The molecule has 4 heteroatoms. The van der Waals surface area contributed by atoms with Crippen LogP contribution in [0.15, 0.2) is 42.5 Å². The lowest BCUT2D eigenvalue weighted by Crippen LogP contribution is -2.15. The normalized spacial score (nSPS) is 12.2. The molecule has 2 N–H and O–H groups in total. The molecular weight excluding hydrogens is 281 g/mol. The second-order valence-electron chi connectivity index (χ2n) is 4.37. The first-order chi connectivity index (χ1) is 9.11. The molecule has 100 valence electrons. The van der Waals surface area contributed by atoms with E-state index in [-0.39, 0.29) is 12.6 Å². The highest BCUT2D eigenvalue weighted by Crippen LogP contribution is 2.27. The lowest BCUT2D eigenvalue weighted by atomic mass is 10.1. The molecule has 2 nitrogen and oxygen atoms in total. The van der Waals surface area contributed by atoms with Gasteiger partial charge in [-0.15, -0.1) is 0 Å². The summed E-state index contributed by atoms with van der Waals surface area (Å²) in [5.74, 6) is 0. The minimum atomic E-state index is -0.238. The van der Waals surface area contributed by atoms with Crippen LogP contribution in [0.2, 0.25) is 10.0 Å². The monoisotopic (exact) mass is 295 g/mol. The molecule has 19 heavy (non-hydrogen) atoms. The Balaban J connectivity index is 2.25. The second-order valence-corrected chi connectivity index (χ2v) is 5.18. The van der Waals surface area contributed by atoms with Crippen molar-refractivity contribution in [3.8, 4) is 0 Å². The molecular formula is C15H15Cl2NO. The summed E-state index contributed by atoms with van der Waals surface area (Å²) in [6.07, 6.45) is 0. The van der Waals surface area contributed by atoms with Crippen LogP contribution in [-0.2, 0) is 0 Å². The molecule has 0 fully saturated rings. The molecule has 0 saturated carbocycles. The molecule has 2 aromatic rings. The lowest BCUT2D eigenvalue weighted by molar-refractivity contribution is 0.276. The first-order valence-corrected chi connectivity index (χ1v) is 6.75. The number of hydrogen-bond donors (Lipinski definition) is 2. The third-order valence-corrected chi connectivity index (χ3v) is 3.72. The van der Waals surface area contributed by atoms with E-state index >= 15 is 0 Å². The molecule has 0 heterocycles. The van der Waals surface area contributed by atoms with Gasteiger partial charge in [0.15, 0.2) is 0 Å². The van der Waals surface area contributed by atoms with Crippen LogP contribution >= 0.6 is 23.2 Å². The van der Waals surface area contributed by atoms with Crippen molar-refractivity contribution in [2.24, 2.45) is 0 Å². The molecule has 0 aliphatic heterocycles. The van der Waals surface area contributed by atoms with E-state index in [1.54, 1.807) is 6.07 Å². The van der Waals surface area contributed by atoms with Crippen molar-refractivity contribution in [3.63, 3.8) is 0 Å². The number of aryl methyl sites for hydroxylation is 1. The van der Waals surface area contributed by atoms with Gasteiger partial charge in [-0.3, -0.25) is 0 Å². The molecule has 0 amide bonds. The second kappa shape index (κ2) is 6.29. The number of benzene rings is 2. The van der Waals surface area contributed by atoms with Crippen LogP contribution < -0.4 is 5.32 Å². The fraction of sp³-hybridized carbons (Fsp3) is 0.200. The summed E-state index contributed by atoms with van der Waals surface area (Å²) in [6.45, 7) is 1.91. The highest BCUT2D eigenvalue weighted by atomic mass is 35.5. The van der Waals surface area contributed by atoms with Gasteiger partial charge in [0.25, 0.3) is 0 Å². The number of hydrogen-bond acceptors (Lipinski definition) is 2. The average molecular weight is 296 g/mol. The van der Waals surface area contributed by atoms with Crippen LogP contribution in [0.5, 0.6) is 0 Å². The van der Waals surface area contributed by atoms with Gasteiger partial charge in [0.05, 0.1) is 23.4 Å². The summed E-state index contributed by atoms with van der Waals surface area (Å²) >= 11 is 12.2. The van der Waals surface area contributed by atoms with Gasteiger partial charge in [-0.05, 0) is 36.2 Å². The minimum absolute atomic E-state index is 0.0371. The third-order valence-electron chi connectivity index (χ3n) is 2.98. The van der Waals surface area contributed by atoms with Gasteiger partial charge in [-0.25, -0.2) is 0 Å². The zero-order valence-corrected chi connectivity index (χ0v) is 12.0. The number of rotatable bonds is 4. The Morgan fingerprint density at radius 3 is 2.47 bits per heavy atom. The highest BCUT2D eigenvalue weighted by Gasteiger charge is 2.12. The molecule has 2 aromatic carbocycles. The van der Waals surface area contributed by atoms with E-state index < -0.39 is 0 Å². The zero-order chi connectivity index (χ0) is 13.8. The number of para-hydroxylation sites is 1. The van der Waals surface area contributed by atoms with Crippen molar-refractivity contribution in [2.75, 3.05) is 11.9 Å².